The molecule has 0 aliphatic carbocycles. The van der Waals surface area contributed by atoms with Crippen LogP contribution in [0.5, 0.6) is 0 Å². The molecule has 128 valence electrons. The summed E-state index contributed by atoms with van der Waals surface area (Å²) in [4.78, 5) is 13.6. The summed E-state index contributed by atoms with van der Waals surface area (Å²) in [6, 6.07) is 10.2. The largest absolute Gasteiger partial charge is 0.444 e. The predicted octanol–water partition coefficient (Wildman–Crippen LogP) is 2.39. The zero-order valence-corrected chi connectivity index (χ0v) is 14.3. The highest BCUT2D eigenvalue weighted by Gasteiger charge is 2.32. The molecule has 1 aliphatic rings. The number of hydrogen-bond acceptors (Lipinski definition) is 4. The molecule has 1 aromatic carbocycles. The van der Waals surface area contributed by atoms with E-state index in [1.807, 2.05) is 39.0 Å². The van der Waals surface area contributed by atoms with Gasteiger partial charge in [-0.2, -0.15) is 0 Å². The van der Waals surface area contributed by atoms with Gasteiger partial charge in [-0.05, 0) is 32.8 Å². The van der Waals surface area contributed by atoms with Crippen LogP contribution in [0.15, 0.2) is 30.3 Å². The van der Waals surface area contributed by atoms with Crippen molar-refractivity contribution in [3.63, 3.8) is 0 Å². The summed E-state index contributed by atoms with van der Waals surface area (Å²) >= 11 is 0. The molecule has 23 heavy (non-hydrogen) atoms. The molecule has 2 N–H and O–H groups in total. The molecule has 0 aromatic heterocycles. The second-order valence-corrected chi connectivity index (χ2v) is 7.16. The molecule has 0 unspecified atom stereocenters. The zero-order chi connectivity index (χ0) is 16.9. The van der Waals surface area contributed by atoms with Crippen molar-refractivity contribution in [3.05, 3.63) is 35.9 Å². The summed E-state index contributed by atoms with van der Waals surface area (Å²) in [5, 5.41) is 13.7. The van der Waals surface area contributed by atoms with E-state index in [9.17, 15) is 9.90 Å². The van der Waals surface area contributed by atoms with Crippen molar-refractivity contribution >= 4 is 6.09 Å². The molecule has 5 nitrogen and oxygen atoms in total. The Balaban J connectivity index is 1.74. The Bertz CT molecular complexity index is 499. The van der Waals surface area contributed by atoms with Gasteiger partial charge in [-0.1, -0.05) is 30.3 Å². The number of aliphatic hydroxyl groups excluding tert-OH is 1. The highest BCUT2D eigenvalue weighted by atomic mass is 16.6. The summed E-state index contributed by atoms with van der Waals surface area (Å²) in [6.07, 6.45) is -0.0749. The quantitative estimate of drug-likeness (QED) is 0.894. The standard InChI is InChI=1S/C18H28N2O3/c1-18(2,3)23-17(22)20-10-9-15(16(21)13-20)12-19-11-14-7-5-4-6-8-14/h4-8,15-16,19,21H,9-13H2,1-3H3/t15-,16+/m1/s1. The number of ether oxygens (including phenoxy) is 1. The highest BCUT2D eigenvalue weighted by Crippen LogP contribution is 2.20. The van der Waals surface area contributed by atoms with Gasteiger partial charge in [0.05, 0.1) is 12.6 Å². The van der Waals surface area contributed by atoms with E-state index in [0.717, 1.165) is 19.5 Å². The molecule has 1 fully saturated rings. The van der Waals surface area contributed by atoms with Gasteiger partial charge in [0, 0.05) is 25.6 Å². The summed E-state index contributed by atoms with van der Waals surface area (Å²) in [5.74, 6) is 0.164. The maximum Gasteiger partial charge on any atom is 0.410 e. The number of nitrogens with one attached hydrogen (secondary N) is 1. The van der Waals surface area contributed by atoms with Gasteiger partial charge in [0.1, 0.15) is 5.60 Å². The second kappa shape index (κ2) is 7.79. The SMILES string of the molecule is CC(C)(C)OC(=O)N1CC[C@H](CNCc2ccccc2)[C@@H](O)C1. The summed E-state index contributed by atoms with van der Waals surface area (Å²) in [7, 11) is 0. The number of carbonyl (C=O) groups is 1. The zero-order valence-electron chi connectivity index (χ0n) is 14.3. The summed E-state index contributed by atoms with van der Waals surface area (Å²) in [5.41, 5.74) is 0.726. The lowest BCUT2D eigenvalue weighted by molar-refractivity contribution is -0.0124. The first kappa shape index (κ1) is 17.8. The number of carbonyl (C=O) groups excluding carboxylic acids is 1. The van der Waals surface area contributed by atoms with Crippen LogP contribution >= 0.6 is 0 Å². The van der Waals surface area contributed by atoms with E-state index in [0.29, 0.717) is 13.1 Å². The number of amides is 1. The molecule has 1 aliphatic heterocycles. The number of nitrogens with zero attached hydrogens (tertiary/aromatic N) is 1. The van der Waals surface area contributed by atoms with E-state index in [-0.39, 0.29) is 12.0 Å². The third-order valence-corrected chi connectivity index (χ3v) is 3.95. The Hall–Kier alpha value is -1.59. The van der Waals surface area contributed by atoms with E-state index < -0.39 is 11.7 Å². The van der Waals surface area contributed by atoms with E-state index >= 15 is 0 Å². The smallest absolute Gasteiger partial charge is 0.410 e. The summed E-state index contributed by atoms with van der Waals surface area (Å²) in [6.45, 7) is 8.05. The Kier molecular flexibility index (Phi) is 6.02. The fourth-order valence-electron chi connectivity index (χ4n) is 2.71. The lowest BCUT2D eigenvalue weighted by atomic mass is 9.94. The normalized spacial score (nSPS) is 22.0. The molecule has 1 saturated heterocycles. The van der Waals surface area contributed by atoms with Gasteiger partial charge in [-0.15, -0.1) is 0 Å². The molecule has 0 bridgehead atoms. The number of aliphatic hydroxyl groups is 1. The first-order valence-corrected chi connectivity index (χ1v) is 8.26. The molecular weight excluding hydrogens is 292 g/mol. The number of piperidine rings is 1. The van der Waals surface area contributed by atoms with E-state index in [2.05, 4.69) is 17.4 Å². The minimum absolute atomic E-state index is 0.164. The van der Waals surface area contributed by atoms with E-state index in [1.165, 1.54) is 5.56 Å². The van der Waals surface area contributed by atoms with Gasteiger partial charge in [0.25, 0.3) is 0 Å². The van der Waals surface area contributed by atoms with Crippen LogP contribution in [0.1, 0.15) is 32.8 Å². The molecule has 5 heteroatoms. The van der Waals surface area contributed by atoms with Crippen LogP contribution in [0.2, 0.25) is 0 Å². The van der Waals surface area contributed by atoms with Gasteiger partial charge < -0.3 is 20.1 Å². The van der Waals surface area contributed by atoms with Gasteiger partial charge in [0.2, 0.25) is 0 Å². The first-order valence-electron chi connectivity index (χ1n) is 8.26. The van der Waals surface area contributed by atoms with Crippen LogP contribution in [-0.4, -0.2) is 47.4 Å². The summed E-state index contributed by atoms with van der Waals surface area (Å²) < 4.78 is 5.36. The van der Waals surface area contributed by atoms with E-state index in [4.69, 9.17) is 4.74 Å². The fraction of sp³-hybridized carbons (Fsp3) is 0.611. The van der Waals surface area contributed by atoms with Crippen molar-refractivity contribution in [2.24, 2.45) is 5.92 Å². The van der Waals surface area contributed by atoms with Crippen molar-refractivity contribution in [2.45, 2.75) is 45.4 Å². The molecule has 0 saturated carbocycles. The Morgan fingerprint density at radius 1 is 1.35 bits per heavy atom. The Morgan fingerprint density at radius 2 is 2.04 bits per heavy atom. The average Bonchev–Trinajstić information content (AvgIpc) is 2.48. The van der Waals surface area contributed by atoms with Gasteiger partial charge in [0.15, 0.2) is 0 Å². The van der Waals surface area contributed by atoms with Crippen LogP contribution in [-0.2, 0) is 11.3 Å². The maximum absolute atomic E-state index is 12.0. The Morgan fingerprint density at radius 3 is 2.65 bits per heavy atom. The van der Waals surface area contributed by atoms with Crippen LogP contribution in [0.3, 0.4) is 0 Å². The molecule has 2 atom stereocenters. The molecular formula is C18H28N2O3. The van der Waals surface area contributed by atoms with Crippen LogP contribution in [0, 0.1) is 5.92 Å². The average molecular weight is 320 g/mol. The third-order valence-electron chi connectivity index (χ3n) is 3.95. The van der Waals surface area contributed by atoms with Crippen molar-refractivity contribution < 1.29 is 14.6 Å². The minimum atomic E-state index is -0.514. The predicted molar refractivity (Wildman–Crippen MR) is 90.1 cm³/mol. The lowest BCUT2D eigenvalue weighted by Crippen LogP contribution is -2.50. The number of likely N-dealkylation sites (tertiary alicyclic amines) is 1. The number of rotatable bonds is 4. The fourth-order valence-corrected chi connectivity index (χ4v) is 2.71. The van der Waals surface area contributed by atoms with Gasteiger partial charge in [-0.25, -0.2) is 4.79 Å². The lowest BCUT2D eigenvalue weighted by Gasteiger charge is -2.36. The number of benzene rings is 1. The molecule has 1 heterocycles. The number of β-amino-alcohol motifs (C(OH)–C–C–N with tert-alkyl or cyclic N) is 1. The molecule has 1 amide bonds. The van der Waals surface area contributed by atoms with E-state index in [1.54, 1.807) is 4.90 Å². The molecule has 2 rings (SSSR count). The topological polar surface area (TPSA) is 61.8 Å². The van der Waals surface area contributed by atoms with Crippen molar-refractivity contribution in [1.29, 1.82) is 0 Å². The van der Waals surface area contributed by atoms with Crippen molar-refractivity contribution in [3.8, 4) is 0 Å². The molecule has 1 aromatic rings. The minimum Gasteiger partial charge on any atom is -0.444 e. The van der Waals surface area contributed by atoms with Gasteiger partial charge in [-0.3, -0.25) is 0 Å². The highest BCUT2D eigenvalue weighted by molar-refractivity contribution is 5.68. The second-order valence-electron chi connectivity index (χ2n) is 7.16. The monoisotopic (exact) mass is 320 g/mol. The molecule has 0 spiro atoms. The van der Waals surface area contributed by atoms with Crippen LogP contribution in [0.25, 0.3) is 0 Å². The Labute approximate surface area is 138 Å². The van der Waals surface area contributed by atoms with Crippen molar-refractivity contribution in [1.82, 2.24) is 10.2 Å². The number of hydrogen-bond donors (Lipinski definition) is 2. The van der Waals surface area contributed by atoms with Crippen molar-refractivity contribution in [2.75, 3.05) is 19.6 Å². The van der Waals surface area contributed by atoms with Crippen LogP contribution in [0.4, 0.5) is 4.79 Å². The van der Waals surface area contributed by atoms with Crippen LogP contribution < -0.4 is 5.32 Å². The first-order chi connectivity index (χ1) is 10.8. The maximum atomic E-state index is 12.0. The third kappa shape index (κ3) is 5.84. The van der Waals surface area contributed by atoms with Gasteiger partial charge >= 0.3 is 6.09 Å². The molecule has 0 radical (unpaired) electrons.